The fourth-order valence-corrected chi connectivity index (χ4v) is 2.29. The van der Waals surface area contributed by atoms with Crippen LogP contribution in [0, 0.1) is 0 Å². The maximum Gasteiger partial charge on any atom is 0.450 e. The van der Waals surface area contributed by atoms with Crippen molar-refractivity contribution >= 4 is 17.5 Å². The molecule has 0 bridgehead atoms. The maximum absolute atomic E-state index is 12.3. The molecule has 1 unspecified atom stereocenters. The van der Waals surface area contributed by atoms with Gasteiger partial charge in [-0.3, -0.25) is 4.79 Å². The van der Waals surface area contributed by atoms with Crippen LogP contribution in [0.5, 0.6) is 0 Å². The molecule has 0 aliphatic rings. The lowest BCUT2D eigenvalue weighted by atomic mass is 10.1. The first kappa shape index (κ1) is 15.6. The highest BCUT2D eigenvalue weighted by Gasteiger charge is 2.43. The molecule has 112 valence electrons. The van der Waals surface area contributed by atoms with Gasteiger partial charge in [0.1, 0.15) is 5.92 Å². The van der Waals surface area contributed by atoms with Crippen LogP contribution in [-0.4, -0.2) is 22.1 Å². The summed E-state index contributed by atoms with van der Waals surface area (Å²) in [4.78, 5) is 15.9. The Morgan fingerprint density at radius 1 is 1.33 bits per heavy atom. The van der Waals surface area contributed by atoms with Gasteiger partial charge in [-0.2, -0.15) is 18.2 Å². The van der Waals surface area contributed by atoms with Crippen LogP contribution in [0.25, 0.3) is 0 Å². The highest BCUT2D eigenvalue weighted by Crippen LogP contribution is 2.27. The van der Waals surface area contributed by atoms with E-state index in [9.17, 15) is 18.0 Å². The van der Waals surface area contributed by atoms with Crippen LogP contribution in [-0.2, 0) is 10.5 Å². The minimum atomic E-state index is -4.91. The van der Waals surface area contributed by atoms with Crippen LogP contribution in [0.2, 0.25) is 0 Å². The van der Waals surface area contributed by atoms with Crippen LogP contribution < -0.4 is 0 Å². The van der Waals surface area contributed by atoms with E-state index in [-0.39, 0.29) is 11.7 Å². The summed E-state index contributed by atoms with van der Waals surface area (Å²) in [6.07, 6.45) is -4.91. The summed E-state index contributed by atoms with van der Waals surface area (Å²) in [5, 5.41) is 3.59. The fourth-order valence-electron chi connectivity index (χ4n) is 1.52. The van der Waals surface area contributed by atoms with Crippen LogP contribution in [0.3, 0.4) is 0 Å². The summed E-state index contributed by atoms with van der Waals surface area (Å²) in [6.45, 7) is 1.09. The first-order valence-corrected chi connectivity index (χ1v) is 6.98. The Morgan fingerprint density at radius 2 is 2.00 bits per heavy atom. The molecule has 0 aliphatic heterocycles. The number of halogens is 3. The van der Waals surface area contributed by atoms with Gasteiger partial charge in [-0.05, 0) is 19.1 Å². The van der Waals surface area contributed by atoms with Crippen LogP contribution in [0.4, 0.5) is 13.2 Å². The lowest BCUT2D eigenvalue weighted by Crippen LogP contribution is -2.27. The molecule has 1 aromatic heterocycles. The quantitative estimate of drug-likeness (QED) is 0.789. The molecule has 0 aliphatic carbocycles. The largest absolute Gasteiger partial charge is 0.450 e. The summed E-state index contributed by atoms with van der Waals surface area (Å²) >= 11 is 1.42. The zero-order valence-corrected chi connectivity index (χ0v) is 11.7. The van der Waals surface area contributed by atoms with Crippen molar-refractivity contribution in [2.24, 2.45) is 0 Å². The molecule has 0 fully saturated rings. The molecule has 2 rings (SSSR count). The Balaban J connectivity index is 2.00. The first-order chi connectivity index (χ1) is 9.88. The Morgan fingerprint density at radius 3 is 2.62 bits per heavy atom. The number of aromatic nitrogens is 2. The highest BCUT2D eigenvalue weighted by molar-refractivity contribution is 7.98. The van der Waals surface area contributed by atoms with Gasteiger partial charge < -0.3 is 4.52 Å². The molecular weight excluding hydrogens is 305 g/mol. The van der Waals surface area contributed by atoms with Crippen LogP contribution >= 0.6 is 11.8 Å². The average molecular weight is 316 g/mol. The minimum Gasteiger partial charge on any atom is -0.339 e. The van der Waals surface area contributed by atoms with Crippen molar-refractivity contribution in [3.63, 3.8) is 0 Å². The van der Waals surface area contributed by atoms with E-state index in [0.29, 0.717) is 5.75 Å². The Labute approximate surface area is 122 Å². The number of thioether (sulfide) groups is 1. The average Bonchev–Trinajstić information content (AvgIpc) is 2.92. The van der Waals surface area contributed by atoms with Crippen molar-refractivity contribution in [2.45, 2.75) is 29.7 Å². The van der Waals surface area contributed by atoms with Gasteiger partial charge in [0, 0.05) is 4.90 Å². The smallest absolute Gasteiger partial charge is 0.339 e. The van der Waals surface area contributed by atoms with Crippen LogP contribution in [0.15, 0.2) is 39.8 Å². The lowest BCUT2D eigenvalue weighted by molar-refractivity contribution is -0.172. The zero-order valence-electron chi connectivity index (χ0n) is 10.9. The number of carbonyl (C=O) groups excluding carboxylic acids is 1. The summed E-state index contributed by atoms with van der Waals surface area (Å²) in [5.41, 5.74) is 0. The molecule has 4 nitrogen and oxygen atoms in total. The van der Waals surface area contributed by atoms with E-state index in [1.807, 2.05) is 30.3 Å². The summed E-state index contributed by atoms with van der Waals surface area (Å²) in [6, 6.07) is 9.39. The predicted molar refractivity (Wildman–Crippen MR) is 69.8 cm³/mol. The number of hydrogen-bond donors (Lipinski definition) is 0. The zero-order chi connectivity index (χ0) is 15.5. The summed E-state index contributed by atoms with van der Waals surface area (Å²) in [7, 11) is 0. The molecule has 2 aromatic rings. The number of rotatable bonds is 5. The van der Waals surface area contributed by atoms with Crippen molar-refractivity contribution in [2.75, 3.05) is 0 Å². The molecule has 1 heterocycles. The van der Waals surface area contributed by atoms with Gasteiger partial charge in [-0.15, -0.1) is 11.8 Å². The molecule has 8 heteroatoms. The van der Waals surface area contributed by atoms with Crippen molar-refractivity contribution in [3.05, 3.63) is 42.0 Å². The fraction of sp³-hybridized carbons (Fsp3) is 0.308. The van der Waals surface area contributed by atoms with E-state index in [4.69, 9.17) is 4.52 Å². The van der Waals surface area contributed by atoms with E-state index in [1.54, 1.807) is 0 Å². The molecule has 0 saturated carbocycles. The topological polar surface area (TPSA) is 56.0 Å². The van der Waals surface area contributed by atoms with E-state index in [0.717, 1.165) is 11.8 Å². The third-order valence-electron chi connectivity index (χ3n) is 2.64. The third-order valence-corrected chi connectivity index (χ3v) is 3.65. The van der Waals surface area contributed by atoms with Gasteiger partial charge in [0.05, 0.1) is 5.75 Å². The number of carbonyl (C=O) groups is 1. The molecule has 0 radical (unpaired) electrons. The van der Waals surface area contributed by atoms with Gasteiger partial charge in [0.15, 0.2) is 5.82 Å². The number of hydrogen-bond acceptors (Lipinski definition) is 5. The molecular formula is C13H11F3N2O2S. The molecule has 0 N–H and O–H groups in total. The second-order valence-corrected chi connectivity index (χ2v) is 5.28. The third kappa shape index (κ3) is 4.07. The summed E-state index contributed by atoms with van der Waals surface area (Å²) < 4.78 is 41.7. The SMILES string of the molecule is CC(C(=O)C(F)(F)F)c1nc(CSc2ccccc2)no1. The second-order valence-electron chi connectivity index (χ2n) is 4.23. The molecule has 0 saturated heterocycles. The number of benzene rings is 1. The maximum atomic E-state index is 12.3. The number of nitrogens with zero attached hydrogens (tertiary/aromatic N) is 2. The van der Waals surface area contributed by atoms with Gasteiger partial charge in [-0.1, -0.05) is 23.4 Å². The normalized spacial score (nSPS) is 13.1. The van der Waals surface area contributed by atoms with E-state index < -0.39 is 17.9 Å². The Bertz CT molecular complexity index is 613. The van der Waals surface area contributed by atoms with E-state index >= 15 is 0 Å². The predicted octanol–water partition coefficient (Wildman–Crippen LogP) is 3.60. The van der Waals surface area contributed by atoms with E-state index in [2.05, 4.69) is 10.1 Å². The first-order valence-electron chi connectivity index (χ1n) is 5.99. The van der Waals surface area contributed by atoms with Gasteiger partial charge in [-0.25, -0.2) is 0 Å². The second kappa shape index (κ2) is 6.30. The molecule has 1 atom stereocenters. The standard InChI is InChI=1S/C13H11F3N2O2S/c1-8(11(19)13(14,15)16)12-17-10(18-20-12)7-21-9-5-3-2-4-6-9/h2-6,8H,7H2,1H3. The van der Waals surface area contributed by atoms with Gasteiger partial charge >= 0.3 is 6.18 Å². The molecule has 0 spiro atoms. The Hall–Kier alpha value is -1.83. The lowest BCUT2D eigenvalue weighted by Gasteiger charge is -2.08. The highest BCUT2D eigenvalue weighted by atomic mass is 32.2. The number of alkyl halides is 3. The van der Waals surface area contributed by atoms with Crippen molar-refractivity contribution in [1.82, 2.24) is 10.1 Å². The van der Waals surface area contributed by atoms with Gasteiger partial charge in [0.2, 0.25) is 11.7 Å². The van der Waals surface area contributed by atoms with Crippen molar-refractivity contribution in [3.8, 4) is 0 Å². The van der Waals surface area contributed by atoms with E-state index in [1.165, 1.54) is 11.8 Å². The monoisotopic (exact) mass is 316 g/mol. The van der Waals surface area contributed by atoms with Crippen molar-refractivity contribution < 1.29 is 22.5 Å². The summed E-state index contributed by atoms with van der Waals surface area (Å²) in [5.74, 6) is -3.11. The van der Waals surface area contributed by atoms with Crippen LogP contribution in [0.1, 0.15) is 24.6 Å². The van der Waals surface area contributed by atoms with Gasteiger partial charge in [0.25, 0.3) is 0 Å². The van der Waals surface area contributed by atoms with Crippen molar-refractivity contribution in [1.29, 1.82) is 0 Å². The number of Topliss-reactive ketones (excluding diaryl/α,β-unsaturated/α-hetero) is 1. The molecule has 21 heavy (non-hydrogen) atoms. The molecule has 0 amide bonds. The number of ketones is 1. The minimum absolute atomic E-state index is 0.251. The Kier molecular flexibility index (Phi) is 4.66. The molecule has 1 aromatic carbocycles.